The summed E-state index contributed by atoms with van der Waals surface area (Å²) in [4.78, 5) is 27.3. The molecule has 1 saturated heterocycles. The van der Waals surface area contributed by atoms with Crippen LogP contribution in [0.5, 0.6) is 0 Å². The number of anilines is 1. The van der Waals surface area contributed by atoms with Gasteiger partial charge in [-0.2, -0.15) is 0 Å². The average molecular weight is 347 g/mol. The zero-order valence-electron chi connectivity index (χ0n) is 14.1. The molecule has 2 amide bonds. The fourth-order valence-corrected chi connectivity index (χ4v) is 4.09. The molecule has 3 rings (SSSR count). The normalized spacial score (nSPS) is 21.0. The highest BCUT2D eigenvalue weighted by Crippen LogP contribution is 2.31. The highest BCUT2D eigenvalue weighted by Gasteiger charge is 2.18. The monoisotopic (exact) mass is 347 g/mol. The number of hydrogen-bond donors (Lipinski definition) is 2. The van der Waals surface area contributed by atoms with Gasteiger partial charge in [-0.15, -0.1) is 11.8 Å². The second-order valence-electron chi connectivity index (χ2n) is 6.54. The van der Waals surface area contributed by atoms with E-state index in [1.807, 2.05) is 12.1 Å². The van der Waals surface area contributed by atoms with Crippen molar-refractivity contribution in [3.63, 3.8) is 0 Å². The van der Waals surface area contributed by atoms with Crippen molar-refractivity contribution >= 4 is 29.3 Å². The lowest BCUT2D eigenvalue weighted by Crippen LogP contribution is -2.39. The third-order valence-corrected chi connectivity index (χ3v) is 5.80. The average Bonchev–Trinajstić information content (AvgIpc) is 2.59. The Balaban J connectivity index is 1.47. The van der Waals surface area contributed by atoms with Gasteiger partial charge in [-0.3, -0.25) is 9.59 Å². The second-order valence-corrected chi connectivity index (χ2v) is 7.56. The highest BCUT2D eigenvalue weighted by atomic mass is 32.2. The Morgan fingerprint density at radius 2 is 2.29 bits per heavy atom. The van der Waals surface area contributed by atoms with E-state index in [0.29, 0.717) is 23.9 Å². The first-order chi connectivity index (χ1) is 11.6. The van der Waals surface area contributed by atoms with Crippen molar-refractivity contribution in [2.45, 2.75) is 43.5 Å². The van der Waals surface area contributed by atoms with Gasteiger partial charge in [-0.25, -0.2) is 0 Å². The van der Waals surface area contributed by atoms with Crippen molar-refractivity contribution in [1.29, 1.82) is 0 Å². The molecule has 5 nitrogen and oxygen atoms in total. The Hall–Kier alpha value is -1.53. The van der Waals surface area contributed by atoms with Crippen molar-refractivity contribution in [2.75, 3.05) is 30.7 Å². The van der Waals surface area contributed by atoms with Gasteiger partial charge in [0.25, 0.3) is 5.91 Å². The molecule has 0 radical (unpaired) electrons. The molecule has 130 valence electrons. The van der Waals surface area contributed by atoms with Gasteiger partial charge >= 0.3 is 0 Å². The summed E-state index contributed by atoms with van der Waals surface area (Å²) in [6.45, 7) is 5.19. The molecular formula is C18H25N3O2S. The minimum Gasteiger partial charge on any atom is -0.352 e. The number of nitrogens with zero attached hydrogens (tertiary/aromatic N) is 1. The summed E-state index contributed by atoms with van der Waals surface area (Å²) in [5.74, 6) is 0.350. The first kappa shape index (κ1) is 17.3. The van der Waals surface area contributed by atoms with Crippen molar-refractivity contribution in [3.05, 3.63) is 23.8 Å². The maximum Gasteiger partial charge on any atom is 0.251 e. The Bertz CT molecular complexity index is 620. The summed E-state index contributed by atoms with van der Waals surface area (Å²) >= 11 is 1.51. The number of likely N-dealkylation sites (tertiary alicyclic amines) is 1. The number of amides is 2. The molecule has 24 heavy (non-hydrogen) atoms. The van der Waals surface area contributed by atoms with E-state index in [0.717, 1.165) is 23.5 Å². The van der Waals surface area contributed by atoms with Gasteiger partial charge in [0, 0.05) is 29.6 Å². The summed E-state index contributed by atoms with van der Waals surface area (Å²) in [7, 11) is 0. The molecule has 1 aromatic rings. The number of fused-ring (bicyclic) bond motifs is 1. The number of thioether (sulfide) groups is 1. The Kier molecular flexibility index (Phi) is 5.79. The van der Waals surface area contributed by atoms with Crippen molar-refractivity contribution in [1.82, 2.24) is 10.2 Å². The molecule has 6 heteroatoms. The third kappa shape index (κ3) is 4.30. The van der Waals surface area contributed by atoms with Crippen LogP contribution in [0.15, 0.2) is 23.1 Å². The Morgan fingerprint density at radius 1 is 1.42 bits per heavy atom. The van der Waals surface area contributed by atoms with Gasteiger partial charge in [0.2, 0.25) is 5.91 Å². The maximum absolute atomic E-state index is 12.3. The number of nitrogens with one attached hydrogen (secondary N) is 2. The lowest BCUT2D eigenvalue weighted by Gasteiger charge is -2.33. The number of benzene rings is 1. The first-order valence-corrected chi connectivity index (χ1v) is 9.71. The molecule has 0 saturated carbocycles. The molecule has 0 aliphatic carbocycles. The Labute approximate surface area is 147 Å². The molecule has 0 spiro atoms. The summed E-state index contributed by atoms with van der Waals surface area (Å²) in [6, 6.07) is 6.16. The zero-order chi connectivity index (χ0) is 16.9. The van der Waals surface area contributed by atoms with Crippen LogP contribution in [0.3, 0.4) is 0 Å². The molecule has 2 N–H and O–H groups in total. The van der Waals surface area contributed by atoms with Gasteiger partial charge in [0.15, 0.2) is 0 Å². The van der Waals surface area contributed by atoms with Gasteiger partial charge in [0.05, 0.1) is 11.4 Å². The van der Waals surface area contributed by atoms with Gasteiger partial charge < -0.3 is 15.5 Å². The molecule has 1 aromatic carbocycles. The first-order valence-electron chi connectivity index (χ1n) is 8.72. The van der Waals surface area contributed by atoms with Gasteiger partial charge in [-0.1, -0.05) is 6.42 Å². The van der Waals surface area contributed by atoms with E-state index < -0.39 is 0 Å². The summed E-state index contributed by atoms with van der Waals surface area (Å²) in [5.41, 5.74) is 1.34. The molecule has 0 unspecified atom stereocenters. The van der Waals surface area contributed by atoms with Crippen LogP contribution in [-0.4, -0.2) is 48.1 Å². The van der Waals surface area contributed by atoms with E-state index >= 15 is 0 Å². The highest BCUT2D eigenvalue weighted by molar-refractivity contribution is 8.00. The number of carbonyl (C=O) groups excluding carboxylic acids is 2. The van der Waals surface area contributed by atoms with Gasteiger partial charge in [0.1, 0.15) is 0 Å². The predicted octanol–water partition coefficient (Wildman–Crippen LogP) is 2.73. The van der Waals surface area contributed by atoms with Crippen molar-refractivity contribution in [3.8, 4) is 0 Å². The standard InChI is InChI=1S/C18H25N3O2S/c1-13-5-2-3-9-21(13)10-4-8-19-18(23)14-6-7-16-15(11-14)20-17(22)12-24-16/h6-7,11,13H,2-5,8-10,12H2,1H3,(H,19,23)(H,20,22)/t13-/m1/s1. The zero-order valence-corrected chi connectivity index (χ0v) is 15.0. The fourth-order valence-electron chi connectivity index (χ4n) is 3.30. The molecule has 2 aliphatic rings. The molecule has 2 aliphatic heterocycles. The van der Waals surface area contributed by atoms with E-state index in [4.69, 9.17) is 0 Å². The molecule has 0 bridgehead atoms. The van der Waals surface area contributed by atoms with Crippen molar-refractivity contribution in [2.24, 2.45) is 0 Å². The summed E-state index contributed by atoms with van der Waals surface area (Å²) < 4.78 is 0. The van der Waals surface area contributed by atoms with Crippen LogP contribution < -0.4 is 10.6 Å². The summed E-state index contributed by atoms with van der Waals surface area (Å²) in [5, 5.41) is 5.81. The van der Waals surface area contributed by atoms with E-state index in [2.05, 4.69) is 22.5 Å². The van der Waals surface area contributed by atoms with Crippen LogP contribution in [-0.2, 0) is 4.79 Å². The van der Waals surface area contributed by atoms with Gasteiger partial charge in [-0.05, 0) is 50.9 Å². The van der Waals surface area contributed by atoms with E-state index in [1.54, 1.807) is 6.07 Å². The topological polar surface area (TPSA) is 61.4 Å². The SMILES string of the molecule is C[C@@H]1CCCCN1CCCNC(=O)c1ccc2c(c1)NC(=O)CS2. The number of rotatable bonds is 5. The predicted molar refractivity (Wildman–Crippen MR) is 97.6 cm³/mol. The summed E-state index contributed by atoms with van der Waals surface area (Å²) in [6.07, 6.45) is 4.87. The van der Waals surface area contributed by atoms with Crippen LogP contribution in [0.25, 0.3) is 0 Å². The van der Waals surface area contributed by atoms with Crippen LogP contribution in [0.4, 0.5) is 5.69 Å². The lowest BCUT2D eigenvalue weighted by molar-refractivity contribution is -0.113. The third-order valence-electron chi connectivity index (χ3n) is 4.72. The largest absolute Gasteiger partial charge is 0.352 e. The van der Waals surface area contributed by atoms with Crippen LogP contribution in [0.2, 0.25) is 0 Å². The minimum absolute atomic E-state index is 0.0132. The molecule has 1 fully saturated rings. The number of carbonyl (C=O) groups is 2. The van der Waals surface area contributed by atoms with E-state index in [1.165, 1.54) is 37.6 Å². The van der Waals surface area contributed by atoms with E-state index in [-0.39, 0.29) is 11.8 Å². The second kappa shape index (κ2) is 8.03. The minimum atomic E-state index is -0.0747. The van der Waals surface area contributed by atoms with Crippen molar-refractivity contribution < 1.29 is 9.59 Å². The number of hydrogen-bond acceptors (Lipinski definition) is 4. The van der Waals surface area contributed by atoms with Crippen LogP contribution in [0, 0.1) is 0 Å². The number of piperidine rings is 1. The molecule has 1 atom stereocenters. The lowest BCUT2D eigenvalue weighted by atomic mass is 10.0. The fraction of sp³-hybridized carbons (Fsp3) is 0.556. The smallest absolute Gasteiger partial charge is 0.251 e. The maximum atomic E-state index is 12.3. The van der Waals surface area contributed by atoms with Crippen LogP contribution >= 0.6 is 11.8 Å². The molecule has 2 heterocycles. The molecule has 0 aromatic heterocycles. The van der Waals surface area contributed by atoms with Crippen LogP contribution in [0.1, 0.15) is 43.0 Å². The van der Waals surface area contributed by atoms with E-state index in [9.17, 15) is 9.59 Å². The quantitative estimate of drug-likeness (QED) is 0.804. The Morgan fingerprint density at radius 3 is 3.12 bits per heavy atom. The molecular weight excluding hydrogens is 322 g/mol.